The van der Waals surface area contributed by atoms with Crippen LogP contribution in [-0.4, -0.2) is 47.6 Å². The smallest absolute Gasteiger partial charge is 0.369 e. The van der Waals surface area contributed by atoms with Gasteiger partial charge in [-0.25, -0.2) is 14.7 Å². The number of amides is 2. The molecule has 1 N–H and O–H groups in total. The normalized spacial score (nSPS) is 23.1. The van der Waals surface area contributed by atoms with Crippen molar-refractivity contribution in [2.75, 3.05) is 19.1 Å². The van der Waals surface area contributed by atoms with Crippen molar-refractivity contribution in [3.63, 3.8) is 0 Å². The molecular weight excluding hydrogens is 291 g/mol. The number of aromatic nitrogens is 1. The summed E-state index contributed by atoms with van der Waals surface area (Å²) in [6.07, 6.45) is -5.97. The fraction of sp³-hybridized carbons (Fsp3) is 0.500. The number of alkyl halides is 3. The molecule has 1 fully saturated rings. The molecule has 0 aliphatic carbocycles. The Labute approximate surface area is 118 Å². The van der Waals surface area contributed by atoms with E-state index in [1.54, 1.807) is 0 Å². The Morgan fingerprint density at radius 1 is 1.43 bits per heavy atom. The van der Waals surface area contributed by atoms with Gasteiger partial charge in [-0.3, -0.25) is 4.90 Å². The van der Waals surface area contributed by atoms with Crippen LogP contribution in [0.5, 0.6) is 0 Å². The summed E-state index contributed by atoms with van der Waals surface area (Å²) < 4.78 is 43.6. The topological polar surface area (TPSA) is 65.9 Å². The van der Waals surface area contributed by atoms with E-state index >= 15 is 0 Å². The zero-order chi connectivity index (χ0) is 15.9. The van der Waals surface area contributed by atoms with Crippen molar-refractivity contribution in [1.82, 2.24) is 9.88 Å². The van der Waals surface area contributed by atoms with Crippen LogP contribution < -0.4 is 4.90 Å². The number of carbonyl (C=O) groups excluding carboxylic acids is 1. The summed E-state index contributed by atoms with van der Waals surface area (Å²) in [7, 11) is 2.66. The van der Waals surface area contributed by atoms with Gasteiger partial charge in [0, 0.05) is 20.4 Å². The molecule has 2 unspecified atom stereocenters. The fourth-order valence-electron chi connectivity index (χ4n) is 2.18. The molecule has 9 heteroatoms. The number of methoxy groups -OCH3 is 1. The maximum atomic E-state index is 12.9. The lowest BCUT2D eigenvalue weighted by molar-refractivity contribution is -0.138. The highest BCUT2D eigenvalue weighted by atomic mass is 19.4. The minimum Gasteiger partial charge on any atom is -0.369 e. The van der Waals surface area contributed by atoms with Gasteiger partial charge in [0.15, 0.2) is 12.5 Å². The second-order valence-electron chi connectivity index (χ2n) is 4.66. The first-order valence-electron chi connectivity index (χ1n) is 5.99. The Morgan fingerprint density at radius 2 is 2.05 bits per heavy atom. The number of urea groups is 1. The molecule has 6 nitrogen and oxygen atoms in total. The van der Waals surface area contributed by atoms with Crippen LogP contribution in [0.15, 0.2) is 12.3 Å². The number of carbonyl (C=O) groups is 1. The largest absolute Gasteiger partial charge is 0.416 e. The Morgan fingerprint density at radius 3 is 2.52 bits per heavy atom. The second-order valence-corrected chi connectivity index (χ2v) is 4.66. The van der Waals surface area contributed by atoms with Gasteiger partial charge in [-0.2, -0.15) is 13.2 Å². The number of ether oxygens (including phenoxy) is 1. The van der Waals surface area contributed by atoms with Crippen molar-refractivity contribution in [3.8, 4) is 0 Å². The summed E-state index contributed by atoms with van der Waals surface area (Å²) in [6, 6.07) is 0.0429. The molecule has 1 saturated heterocycles. The van der Waals surface area contributed by atoms with Crippen molar-refractivity contribution in [2.24, 2.45) is 0 Å². The van der Waals surface area contributed by atoms with Crippen molar-refractivity contribution in [3.05, 3.63) is 23.4 Å². The Kier molecular flexibility index (Phi) is 3.81. The summed E-state index contributed by atoms with van der Waals surface area (Å²) in [5.74, 6) is -0.281. The Hall–Kier alpha value is -1.87. The number of anilines is 1. The first kappa shape index (κ1) is 15.5. The minimum absolute atomic E-state index is 0.0657. The van der Waals surface area contributed by atoms with Crippen LogP contribution in [0, 0.1) is 6.92 Å². The van der Waals surface area contributed by atoms with E-state index < -0.39 is 30.2 Å². The van der Waals surface area contributed by atoms with E-state index in [4.69, 9.17) is 4.74 Å². The van der Waals surface area contributed by atoms with Gasteiger partial charge >= 0.3 is 12.2 Å². The molecule has 0 radical (unpaired) electrons. The fourth-order valence-corrected chi connectivity index (χ4v) is 2.18. The first-order valence-corrected chi connectivity index (χ1v) is 5.99. The maximum Gasteiger partial charge on any atom is 0.416 e. The lowest BCUT2D eigenvalue weighted by Crippen LogP contribution is -2.38. The second kappa shape index (κ2) is 5.15. The number of pyridine rings is 1. The van der Waals surface area contributed by atoms with E-state index in [0.717, 1.165) is 22.1 Å². The number of likely N-dealkylation sites (N-methyl/N-ethyl adjacent to an activating group) is 1. The Bertz CT molecular complexity index is 564. The average Bonchev–Trinajstić information content (AvgIpc) is 2.60. The molecule has 2 rings (SSSR count). The Balaban J connectivity index is 2.46. The van der Waals surface area contributed by atoms with Gasteiger partial charge in [-0.1, -0.05) is 0 Å². The number of aryl methyl sites for hydroxylation is 1. The highest BCUT2D eigenvalue weighted by Gasteiger charge is 2.45. The van der Waals surface area contributed by atoms with Crippen molar-refractivity contribution in [1.29, 1.82) is 0 Å². The van der Waals surface area contributed by atoms with Crippen LogP contribution in [0.1, 0.15) is 11.1 Å². The molecule has 1 aliphatic heterocycles. The van der Waals surface area contributed by atoms with E-state index in [-0.39, 0.29) is 11.4 Å². The summed E-state index contributed by atoms with van der Waals surface area (Å²) in [5.41, 5.74) is -0.972. The lowest BCUT2D eigenvalue weighted by Gasteiger charge is -2.21. The molecule has 2 heterocycles. The molecular formula is C12H14F3N3O3. The third-order valence-electron chi connectivity index (χ3n) is 3.29. The predicted octanol–water partition coefficient (Wildman–Crippen LogP) is 1.57. The van der Waals surface area contributed by atoms with Crippen molar-refractivity contribution in [2.45, 2.75) is 25.6 Å². The van der Waals surface area contributed by atoms with E-state index in [2.05, 4.69) is 4.98 Å². The van der Waals surface area contributed by atoms with Gasteiger partial charge < -0.3 is 9.84 Å². The number of aliphatic hydroxyl groups is 1. The number of hydrogen-bond donors (Lipinski definition) is 1. The molecule has 1 aromatic heterocycles. The molecule has 0 spiro atoms. The summed E-state index contributed by atoms with van der Waals surface area (Å²) in [6.45, 7) is 1.27. The molecule has 0 aromatic carbocycles. The zero-order valence-electron chi connectivity index (χ0n) is 11.5. The highest BCUT2D eigenvalue weighted by Crippen LogP contribution is 2.35. The van der Waals surface area contributed by atoms with E-state index in [9.17, 15) is 23.1 Å². The van der Waals surface area contributed by atoms with Crippen LogP contribution in [0.25, 0.3) is 0 Å². The molecule has 2 amide bonds. The molecule has 2 atom stereocenters. The average molecular weight is 305 g/mol. The van der Waals surface area contributed by atoms with Gasteiger partial charge in [0.1, 0.15) is 5.82 Å². The van der Waals surface area contributed by atoms with Gasteiger partial charge in [0.25, 0.3) is 0 Å². The highest BCUT2D eigenvalue weighted by molar-refractivity contribution is 5.93. The quantitative estimate of drug-likeness (QED) is 0.901. The van der Waals surface area contributed by atoms with Crippen molar-refractivity contribution >= 4 is 11.8 Å². The monoisotopic (exact) mass is 305 g/mol. The summed E-state index contributed by atoms with van der Waals surface area (Å²) in [4.78, 5) is 17.7. The lowest BCUT2D eigenvalue weighted by atomic mass is 10.1. The maximum absolute atomic E-state index is 12.9. The summed E-state index contributed by atoms with van der Waals surface area (Å²) >= 11 is 0. The predicted molar refractivity (Wildman–Crippen MR) is 66.4 cm³/mol. The molecule has 21 heavy (non-hydrogen) atoms. The van der Waals surface area contributed by atoms with Gasteiger partial charge in [-0.15, -0.1) is 0 Å². The number of halogens is 3. The molecule has 0 bridgehead atoms. The van der Waals surface area contributed by atoms with E-state index in [0.29, 0.717) is 0 Å². The van der Waals surface area contributed by atoms with Crippen LogP contribution >= 0.6 is 0 Å². The number of hydrogen-bond acceptors (Lipinski definition) is 4. The zero-order valence-corrected chi connectivity index (χ0v) is 11.5. The van der Waals surface area contributed by atoms with Crippen molar-refractivity contribution < 1.29 is 27.8 Å². The molecule has 0 saturated carbocycles. The standard InChI is InChI=1S/C12H14F3N3O3/c1-6-5-16-8(4-7(6)12(13,14)15)18-9(19)10(21-3)17(2)11(18)20/h4-5,9-10,19H,1-3H3. The van der Waals surface area contributed by atoms with Crippen LogP contribution in [0.4, 0.5) is 23.8 Å². The SMILES string of the molecule is COC1C(O)N(c2cc(C(F)(F)F)c(C)cn2)C(=O)N1C. The molecule has 1 aromatic rings. The number of nitrogens with zero attached hydrogens (tertiary/aromatic N) is 3. The van der Waals surface area contributed by atoms with Gasteiger partial charge in [0.2, 0.25) is 0 Å². The van der Waals surface area contributed by atoms with Crippen LogP contribution in [0.3, 0.4) is 0 Å². The molecule has 1 aliphatic rings. The van der Waals surface area contributed by atoms with E-state index in [1.807, 2.05) is 0 Å². The minimum atomic E-state index is -4.57. The van der Waals surface area contributed by atoms with Crippen LogP contribution in [0.2, 0.25) is 0 Å². The van der Waals surface area contributed by atoms with Gasteiger partial charge in [-0.05, 0) is 18.6 Å². The molecule has 116 valence electrons. The van der Waals surface area contributed by atoms with Gasteiger partial charge in [0.05, 0.1) is 5.56 Å². The third-order valence-corrected chi connectivity index (χ3v) is 3.29. The van der Waals surface area contributed by atoms with Crippen LogP contribution in [-0.2, 0) is 10.9 Å². The number of aliphatic hydroxyl groups excluding tert-OH is 1. The van der Waals surface area contributed by atoms with E-state index in [1.165, 1.54) is 21.1 Å². The summed E-state index contributed by atoms with van der Waals surface area (Å²) in [5, 5.41) is 10.0. The number of rotatable bonds is 2. The third kappa shape index (κ3) is 2.54. The first-order chi connectivity index (χ1) is 9.68.